The van der Waals surface area contributed by atoms with Crippen molar-refractivity contribution < 1.29 is 14.1 Å². The first kappa shape index (κ1) is 18.4. The molecule has 1 aromatic carbocycles. The topological polar surface area (TPSA) is 86.3 Å². The number of carbonyl (C=O) groups is 1. The van der Waals surface area contributed by atoms with Gasteiger partial charge in [-0.3, -0.25) is 9.48 Å². The molecule has 1 unspecified atom stereocenters. The molecule has 1 fully saturated rings. The number of nitrogens with zero attached hydrogens (tertiary/aromatic N) is 5. The second-order valence-electron chi connectivity index (χ2n) is 6.37. The molecule has 0 saturated carbocycles. The van der Waals surface area contributed by atoms with Gasteiger partial charge in [0.1, 0.15) is 6.04 Å². The number of morpholine rings is 1. The molecule has 1 atom stereocenters. The van der Waals surface area contributed by atoms with Crippen LogP contribution in [0, 0.1) is 0 Å². The predicted octanol–water partition coefficient (Wildman–Crippen LogP) is 2.74. The molecule has 0 aliphatic carbocycles. The first-order chi connectivity index (χ1) is 13.6. The van der Waals surface area contributed by atoms with Crippen LogP contribution in [-0.4, -0.2) is 50.5 Å². The molecule has 144 valence electrons. The molecule has 0 radical (unpaired) electrons. The van der Waals surface area contributed by atoms with E-state index in [1.165, 1.54) is 6.08 Å². The summed E-state index contributed by atoms with van der Waals surface area (Å²) in [6, 6.07) is 6.88. The van der Waals surface area contributed by atoms with Crippen LogP contribution in [0.2, 0.25) is 5.02 Å². The van der Waals surface area contributed by atoms with Crippen molar-refractivity contribution >= 4 is 23.6 Å². The van der Waals surface area contributed by atoms with E-state index in [2.05, 4.69) is 15.2 Å². The Bertz CT molecular complexity index is 1010. The molecule has 1 saturated heterocycles. The Hall–Kier alpha value is -2.97. The number of hydrogen-bond donors (Lipinski definition) is 0. The van der Waals surface area contributed by atoms with Crippen molar-refractivity contribution in [2.24, 2.45) is 7.05 Å². The van der Waals surface area contributed by atoms with Crippen molar-refractivity contribution in [1.29, 1.82) is 0 Å². The number of carbonyl (C=O) groups excluding carboxylic acids is 1. The Kier molecular flexibility index (Phi) is 5.23. The summed E-state index contributed by atoms with van der Waals surface area (Å²) in [6.07, 6.45) is 6.68. The second kappa shape index (κ2) is 7.95. The first-order valence-corrected chi connectivity index (χ1v) is 9.12. The fourth-order valence-corrected chi connectivity index (χ4v) is 3.17. The fraction of sp³-hybridized carbons (Fsp3) is 0.263. The highest BCUT2D eigenvalue weighted by Gasteiger charge is 2.31. The molecule has 1 aliphatic rings. The number of rotatable bonds is 4. The van der Waals surface area contributed by atoms with Gasteiger partial charge < -0.3 is 14.2 Å². The van der Waals surface area contributed by atoms with Gasteiger partial charge in [-0.1, -0.05) is 28.9 Å². The SMILES string of the molecule is Cn1cc(-c2nc(C3COCCN3C(=O)/C=C/c3cccc(Cl)c3)no2)cn1. The van der Waals surface area contributed by atoms with E-state index in [0.29, 0.717) is 36.5 Å². The van der Waals surface area contributed by atoms with Crippen LogP contribution >= 0.6 is 11.6 Å². The molecule has 0 N–H and O–H groups in total. The van der Waals surface area contributed by atoms with E-state index in [9.17, 15) is 4.79 Å². The Morgan fingerprint density at radius 1 is 1.39 bits per heavy atom. The fourth-order valence-electron chi connectivity index (χ4n) is 2.97. The number of hydrogen-bond acceptors (Lipinski definition) is 6. The number of amides is 1. The number of ether oxygens (including phenoxy) is 1. The highest BCUT2D eigenvalue weighted by molar-refractivity contribution is 6.30. The highest BCUT2D eigenvalue weighted by Crippen LogP contribution is 2.25. The summed E-state index contributed by atoms with van der Waals surface area (Å²) in [6.45, 7) is 1.21. The largest absolute Gasteiger partial charge is 0.377 e. The minimum atomic E-state index is -0.417. The number of aryl methyl sites for hydroxylation is 1. The van der Waals surface area contributed by atoms with Crippen LogP contribution in [0.5, 0.6) is 0 Å². The molecule has 0 bridgehead atoms. The molecule has 8 nitrogen and oxygen atoms in total. The van der Waals surface area contributed by atoms with Gasteiger partial charge in [-0.25, -0.2) is 0 Å². The van der Waals surface area contributed by atoms with Crippen LogP contribution < -0.4 is 0 Å². The van der Waals surface area contributed by atoms with Gasteiger partial charge >= 0.3 is 0 Å². The maximum atomic E-state index is 12.8. The van der Waals surface area contributed by atoms with Gasteiger partial charge in [-0.05, 0) is 23.8 Å². The van der Waals surface area contributed by atoms with Gasteiger partial charge in [-0.2, -0.15) is 10.1 Å². The van der Waals surface area contributed by atoms with Crippen molar-refractivity contribution in [1.82, 2.24) is 24.8 Å². The lowest BCUT2D eigenvalue weighted by molar-refractivity contribution is -0.135. The van der Waals surface area contributed by atoms with Crippen LogP contribution in [0.4, 0.5) is 0 Å². The Balaban J connectivity index is 1.53. The maximum absolute atomic E-state index is 12.8. The van der Waals surface area contributed by atoms with E-state index in [0.717, 1.165) is 11.1 Å². The lowest BCUT2D eigenvalue weighted by Crippen LogP contribution is -2.43. The zero-order valence-electron chi connectivity index (χ0n) is 15.2. The average Bonchev–Trinajstić information content (AvgIpc) is 3.35. The second-order valence-corrected chi connectivity index (χ2v) is 6.81. The van der Waals surface area contributed by atoms with Gasteiger partial charge in [0.05, 0.1) is 25.0 Å². The molecule has 3 heterocycles. The Morgan fingerprint density at radius 3 is 3.07 bits per heavy atom. The average molecular weight is 400 g/mol. The minimum Gasteiger partial charge on any atom is -0.377 e. The summed E-state index contributed by atoms with van der Waals surface area (Å²) < 4.78 is 12.5. The van der Waals surface area contributed by atoms with E-state index in [-0.39, 0.29) is 5.91 Å². The molecule has 4 rings (SSSR count). The predicted molar refractivity (Wildman–Crippen MR) is 102 cm³/mol. The number of halogens is 1. The van der Waals surface area contributed by atoms with Crippen LogP contribution in [0.25, 0.3) is 17.5 Å². The van der Waals surface area contributed by atoms with Gasteiger partial charge in [0.2, 0.25) is 5.91 Å². The van der Waals surface area contributed by atoms with Gasteiger partial charge in [-0.15, -0.1) is 0 Å². The third-order valence-corrected chi connectivity index (χ3v) is 4.61. The lowest BCUT2D eigenvalue weighted by atomic mass is 10.2. The quantitative estimate of drug-likeness (QED) is 0.627. The van der Waals surface area contributed by atoms with E-state index >= 15 is 0 Å². The standard InChI is InChI=1S/C19H18ClN5O3/c1-24-11-14(10-21-24)19-22-18(23-28-19)16-12-27-8-7-25(16)17(26)6-5-13-3-2-4-15(20)9-13/h2-6,9-11,16H,7-8,12H2,1H3/b6-5+. The third-order valence-electron chi connectivity index (χ3n) is 4.37. The molecular formula is C19H18ClN5O3. The van der Waals surface area contributed by atoms with Crippen molar-refractivity contribution in [2.45, 2.75) is 6.04 Å². The molecule has 1 amide bonds. The zero-order valence-corrected chi connectivity index (χ0v) is 15.9. The summed E-state index contributed by atoms with van der Waals surface area (Å²) in [5.41, 5.74) is 1.57. The summed E-state index contributed by atoms with van der Waals surface area (Å²) in [5.74, 6) is 0.611. The van der Waals surface area contributed by atoms with Crippen molar-refractivity contribution in [3.05, 3.63) is 59.1 Å². The van der Waals surface area contributed by atoms with Crippen molar-refractivity contribution in [3.8, 4) is 11.5 Å². The molecule has 2 aromatic heterocycles. The first-order valence-electron chi connectivity index (χ1n) is 8.75. The van der Waals surface area contributed by atoms with Gasteiger partial charge in [0.15, 0.2) is 5.82 Å². The van der Waals surface area contributed by atoms with Crippen LogP contribution in [0.3, 0.4) is 0 Å². The summed E-state index contributed by atoms with van der Waals surface area (Å²) >= 11 is 5.99. The van der Waals surface area contributed by atoms with Crippen LogP contribution in [0.1, 0.15) is 17.4 Å². The van der Waals surface area contributed by atoms with E-state index in [1.807, 2.05) is 19.2 Å². The monoisotopic (exact) mass is 399 g/mol. The summed E-state index contributed by atoms with van der Waals surface area (Å²) in [5, 5.41) is 8.77. The smallest absolute Gasteiger partial charge is 0.261 e. The van der Waals surface area contributed by atoms with Crippen LogP contribution in [0.15, 0.2) is 47.3 Å². The maximum Gasteiger partial charge on any atom is 0.261 e. The number of benzene rings is 1. The zero-order chi connectivity index (χ0) is 19.5. The van der Waals surface area contributed by atoms with E-state index < -0.39 is 6.04 Å². The summed E-state index contributed by atoms with van der Waals surface area (Å²) in [7, 11) is 1.81. The third kappa shape index (κ3) is 3.97. The molecule has 28 heavy (non-hydrogen) atoms. The molecule has 3 aromatic rings. The Labute approximate surface area is 166 Å². The van der Waals surface area contributed by atoms with Gasteiger partial charge in [0.25, 0.3) is 5.89 Å². The molecule has 9 heteroatoms. The van der Waals surface area contributed by atoms with Crippen molar-refractivity contribution in [3.63, 3.8) is 0 Å². The van der Waals surface area contributed by atoms with Crippen molar-refractivity contribution in [2.75, 3.05) is 19.8 Å². The lowest BCUT2D eigenvalue weighted by Gasteiger charge is -2.32. The minimum absolute atomic E-state index is 0.152. The summed E-state index contributed by atoms with van der Waals surface area (Å²) in [4.78, 5) is 18.9. The van der Waals surface area contributed by atoms with Crippen LogP contribution in [-0.2, 0) is 16.6 Å². The highest BCUT2D eigenvalue weighted by atomic mass is 35.5. The van der Waals surface area contributed by atoms with Gasteiger partial charge in [0, 0.05) is 30.9 Å². The van der Waals surface area contributed by atoms with E-state index in [4.69, 9.17) is 20.9 Å². The normalized spacial score (nSPS) is 17.4. The molecule has 1 aliphatic heterocycles. The number of aromatic nitrogens is 4. The van der Waals surface area contributed by atoms with E-state index in [1.54, 1.807) is 40.2 Å². The molecular weight excluding hydrogens is 382 g/mol. The Morgan fingerprint density at radius 2 is 2.29 bits per heavy atom. The molecule has 0 spiro atoms.